The predicted octanol–water partition coefficient (Wildman–Crippen LogP) is 5.83. The highest BCUT2D eigenvalue weighted by Gasteiger charge is 2.34. The zero-order valence-corrected chi connectivity index (χ0v) is 17.7. The van der Waals surface area contributed by atoms with E-state index < -0.39 is 0 Å². The monoisotopic (exact) mass is 399 g/mol. The second-order valence-corrected chi connectivity index (χ2v) is 9.12. The van der Waals surface area contributed by atoms with Crippen LogP contribution in [0.15, 0.2) is 30.3 Å². The van der Waals surface area contributed by atoms with Gasteiger partial charge in [0.1, 0.15) is 0 Å². The number of fused-ring (bicyclic) bond motifs is 4. The van der Waals surface area contributed by atoms with Crippen molar-refractivity contribution in [1.29, 1.82) is 0 Å². The number of halogens is 1. The van der Waals surface area contributed by atoms with Crippen molar-refractivity contribution in [1.82, 2.24) is 4.90 Å². The van der Waals surface area contributed by atoms with Crippen LogP contribution in [0, 0.1) is 5.92 Å². The van der Waals surface area contributed by atoms with Gasteiger partial charge in [-0.15, -0.1) is 12.4 Å². The lowest BCUT2D eigenvalue weighted by Crippen LogP contribution is -2.48. The standard InChI is InChI=1S/C25H33NO.ClH/c27-25(17-26-15-7-10-18-8-2-6-14-24(18)26)23-16-19-9-1-3-11-20(19)21-12-4-5-13-22(21)23;/h1,3,9,11,16,18,24-25,27H,2,4-8,10,12-15,17H2;1H. The Bertz CT molecular complexity index is 818. The van der Waals surface area contributed by atoms with Gasteiger partial charge < -0.3 is 5.11 Å². The maximum Gasteiger partial charge on any atom is 0.0920 e. The SMILES string of the molecule is Cl.OC(CN1CCCC2CCCCC21)c1cc2ccccc2c2c1CCCC2. The van der Waals surface area contributed by atoms with E-state index in [4.69, 9.17) is 0 Å². The molecule has 1 saturated heterocycles. The van der Waals surface area contributed by atoms with Crippen molar-refractivity contribution in [2.45, 2.75) is 76.4 Å². The normalized spacial score (nSPS) is 26.2. The van der Waals surface area contributed by atoms with Crippen LogP contribution in [0.25, 0.3) is 10.8 Å². The molecule has 0 spiro atoms. The summed E-state index contributed by atoms with van der Waals surface area (Å²) < 4.78 is 0. The fraction of sp³-hybridized carbons (Fsp3) is 0.600. The summed E-state index contributed by atoms with van der Waals surface area (Å²) in [5.41, 5.74) is 4.20. The number of aryl methyl sites for hydroxylation is 1. The number of nitrogens with zero attached hydrogens (tertiary/aromatic N) is 1. The van der Waals surface area contributed by atoms with Gasteiger partial charge in [-0.25, -0.2) is 0 Å². The topological polar surface area (TPSA) is 23.5 Å². The van der Waals surface area contributed by atoms with E-state index in [-0.39, 0.29) is 18.5 Å². The van der Waals surface area contributed by atoms with E-state index in [9.17, 15) is 5.11 Å². The number of hydrogen-bond acceptors (Lipinski definition) is 2. The van der Waals surface area contributed by atoms with Crippen molar-refractivity contribution in [3.8, 4) is 0 Å². The molecule has 0 bridgehead atoms. The van der Waals surface area contributed by atoms with E-state index in [0.717, 1.165) is 24.9 Å². The van der Waals surface area contributed by atoms with Crippen molar-refractivity contribution < 1.29 is 5.11 Å². The molecule has 0 amide bonds. The minimum Gasteiger partial charge on any atom is -0.387 e. The van der Waals surface area contributed by atoms with Crippen molar-refractivity contribution in [2.24, 2.45) is 5.92 Å². The third-order valence-electron chi connectivity index (χ3n) is 7.54. The third-order valence-corrected chi connectivity index (χ3v) is 7.54. The minimum absolute atomic E-state index is 0. The first-order valence-corrected chi connectivity index (χ1v) is 11.3. The predicted molar refractivity (Wildman–Crippen MR) is 119 cm³/mol. The van der Waals surface area contributed by atoms with Crippen molar-refractivity contribution in [3.63, 3.8) is 0 Å². The van der Waals surface area contributed by atoms with Gasteiger partial charge in [0.05, 0.1) is 6.10 Å². The molecule has 3 atom stereocenters. The molecule has 0 radical (unpaired) electrons. The third kappa shape index (κ3) is 3.72. The van der Waals surface area contributed by atoms with Crippen LogP contribution < -0.4 is 0 Å². The van der Waals surface area contributed by atoms with Crippen LogP contribution in [-0.4, -0.2) is 29.1 Å². The van der Waals surface area contributed by atoms with Gasteiger partial charge >= 0.3 is 0 Å². The second-order valence-electron chi connectivity index (χ2n) is 9.12. The van der Waals surface area contributed by atoms with Gasteiger partial charge in [-0.2, -0.15) is 0 Å². The van der Waals surface area contributed by atoms with Gasteiger partial charge in [-0.1, -0.05) is 37.1 Å². The summed E-state index contributed by atoms with van der Waals surface area (Å²) in [6.07, 6.45) is 12.8. The van der Waals surface area contributed by atoms with Gasteiger partial charge in [-0.3, -0.25) is 4.90 Å². The Hall–Kier alpha value is -1.09. The van der Waals surface area contributed by atoms with Crippen LogP contribution in [0.3, 0.4) is 0 Å². The summed E-state index contributed by atoms with van der Waals surface area (Å²) in [5, 5.41) is 14.1. The molecule has 2 aromatic carbocycles. The number of hydrogen-bond donors (Lipinski definition) is 1. The Balaban J connectivity index is 0.00000192. The first-order chi connectivity index (χ1) is 13.3. The van der Waals surface area contributed by atoms with Crippen LogP contribution in [0.4, 0.5) is 0 Å². The molecule has 1 saturated carbocycles. The van der Waals surface area contributed by atoms with Crippen LogP contribution in [-0.2, 0) is 12.8 Å². The average Bonchev–Trinajstić information content (AvgIpc) is 2.73. The maximum atomic E-state index is 11.3. The van der Waals surface area contributed by atoms with Crippen molar-refractivity contribution in [3.05, 3.63) is 47.0 Å². The maximum absolute atomic E-state index is 11.3. The molecule has 0 aromatic heterocycles. The van der Waals surface area contributed by atoms with Gasteiger partial charge in [0.25, 0.3) is 0 Å². The Morgan fingerprint density at radius 2 is 1.68 bits per heavy atom. The highest BCUT2D eigenvalue weighted by Crippen LogP contribution is 2.38. The summed E-state index contributed by atoms with van der Waals surface area (Å²) in [6.45, 7) is 2.00. The summed E-state index contributed by atoms with van der Waals surface area (Å²) in [4.78, 5) is 2.64. The van der Waals surface area contributed by atoms with Gasteiger partial charge in [0.15, 0.2) is 0 Å². The van der Waals surface area contributed by atoms with E-state index in [0.29, 0.717) is 0 Å². The lowest BCUT2D eigenvalue weighted by atomic mass is 9.78. The highest BCUT2D eigenvalue weighted by atomic mass is 35.5. The van der Waals surface area contributed by atoms with E-state index in [1.807, 2.05) is 0 Å². The number of aliphatic hydroxyl groups is 1. The van der Waals surface area contributed by atoms with Gasteiger partial charge in [-0.05, 0) is 97.4 Å². The van der Waals surface area contributed by atoms with E-state index >= 15 is 0 Å². The highest BCUT2D eigenvalue weighted by molar-refractivity contribution is 5.88. The fourth-order valence-electron chi connectivity index (χ4n) is 6.25. The molecular weight excluding hydrogens is 366 g/mol. The molecule has 5 rings (SSSR count). The molecule has 1 heterocycles. The Morgan fingerprint density at radius 1 is 0.929 bits per heavy atom. The van der Waals surface area contributed by atoms with Crippen LogP contribution in [0.5, 0.6) is 0 Å². The molecule has 3 unspecified atom stereocenters. The summed E-state index contributed by atoms with van der Waals surface area (Å²) in [6, 6.07) is 11.8. The fourth-order valence-corrected chi connectivity index (χ4v) is 6.25. The smallest absolute Gasteiger partial charge is 0.0920 e. The zero-order chi connectivity index (χ0) is 18.2. The second kappa shape index (κ2) is 8.73. The molecule has 2 fully saturated rings. The Morgan fingerprint density at radius 3 is 2.57 bits per heavy atom. The molecule has 3 aliphatic rings. The number of benzene rings is 2. The molecule has 3 heteroatoms. The lowest BCUT2D eigenvalue weighted by molar-refractivity contribution is 0.0202. The first kappa shape index (κ1) is 20.2. The molecule has 28 heavy (non-hydrogen) atoms. The zero-order valence-electron chi connectivity index (χ0n) is 16.9. The number of rotatable bonds is 3. The molecular formula is C25H34ClNO. The number of aliphatic hydroxyl groups excluding tert-OH is 1. The average molecular weight is 400 g/mol. The van der Waals surface area contributed by atoms with E-state index in [2.05, 4.69) is 35.2 Å². The van der Waals surface area contributed by atoms with E-state index in [1.54, 1.807) is 0 Å². The summed E-state index contributed by atoms with van der Waals surface area (Å²) in [7, 11) is 0. The quantitative estimate of drug-likeness (QED) is 0.701. The van der Waals surface area contributed by atoms with Crippen LogP contribution >= 0.6 is 12.4 Å². The Labute approximate surface area is 175 Å². The van der Waals surface area contributed by atoms with Crippen LogP contribution in [0.2, 0.25) is 0 Å². The minimum atomic E-state index is -0.345. The lowest BCUT2D eigenvalue weighted by Gasteiger charge is -2.45. The molecule has 1 aliphatic heterocycles. The number of β-amino-alcohol motifs (C(OH)–C–C–N with tert-alkyl or cyclic N) is 1. The van der Waals surface area contributed by atoms with Crippen molar-refractivity contribution >= 4 is 23.2 Å². The van der Waals surface area contributed by atoms with Gasteiger partial charge in [0, 0.05) is 12.6 Å². The van der Waals surface area contributed by atoms with Crippen LogP contribution in [0.1, 0.15) is 74.2 Å². The van der Waals surface area contributed by atoms with Gasteiger partial charge in [0.2, 0.25) is 0 Å². The number of likely N-dealkylation sites (tertiary alicyclic amines) is 1. The van der Waals surface area contributed by atoms with Crippen molar-refractivity contribution in [2.75, 3.05) is 13.1 Å². The molecule has 2 aliphatic carbocycles. The molecule has 152 valence electrons. The summed E-state index contributed by atoms with van der Waals surface area (Å²) in [5.74, 6) is 0.880. The molecule has 2 aromatic rings. The molecule has 2 nitrogen and oxygen atoms in total. The number of piperidine rings is 1. The molecule has 1 N–H and O–H groups in total. The van der Waals surface area contributed by atoms with E-state index in [1.165, 1.54) is 91.8 Å². The first-order valence-electron chi connectivity index (χ1n) is 11.3. The summed E-state index contributed by atoms with van der Waals surface area (Å²) >= 11 is 0. The largest absolute Gasteiger partial charge is 0.387 e. The Kier molecular flexibility index (Phi) is 6.30.